The van der Waals surface area contributed by atoms with E-state index in [2.05, 4.69) is 48.4 Å². The summed E-state index contributed by atoms with van der Waals surface area (Å²) in [5, 5.41) is 10.5. The second-order valence-corrected chi connectivity index (χ2v) is 7.02. The highest BCUT2D eigenvalue weighted by Crippen LogP contribution is 2.18. The summed E-state index contributed by atoms with van der Waals surface area (Å²) in [4.78, 5) is 11.3. The summed E-state index contributed by atoms with van der Waals surface area (Å²) in [6, 6.07) is 11.4. The summed E-state index contributed by atoms with van der Waals surface area (Å²) in [5.74, 6) is 0.669. The van der Waals surface area contributed by atoms with E-state index in [1.165, 1.54) is 23.6 Å². The third-order valence-corrected chi connectivity index (χ3v) is 4.94. The Kier molecular flexibility index (Phi) is 5.61. The molecule has 1 N–H and O–H groups in total. The molecular weight excluding hydrogens is 340 g/mol. The van der Waals surface area contributed by atoms with Crippen molar-refractivity contribution in [3.63, 3.8) is 0 Å². The Bertz CT molecular complexity index is 958. The zero-order valence-corrected chi connectivity index (χ0v) is 16.4. The lowest BCUT2D eigenvalue weighted by atomic mass is 10.1. The number of hydrogen-bond donors (Lipinski definition) is 1. The second kappa shape index (κ2) is 7.92. The molecule has 0 fully saturated rings. The van der Waals surface area contributed by atoms with Crippen LogP contribution in [0.3, 0.4) is 0 Å². The van der Waals surface area contributed by atoms with Gasteiger partial charge < -0.3 is 9.84 Å². The van der Waals surface area contributed by atoms with Crippen LogP contribution in [-0.2, 0) is 13.1 Å². The van der Waals surface area contributed by atoms with Gasteiger partial charge in [0.05, 0.1) is 6.54 Å². The van der Waals surface area contributed by atoms with Crippen LogP contribution in [0.25, 0.3) is 11.0 Å². The van der Waals surface area contributed by atoms with E-state index < -0.39 is 6.10 Å². The fourth-order valence-electron chi connectivity index (χ4n) is 3.19. The van der Waals surface area contributed by atoms with E-state index in [0.717, 1.165) is 12.1 Å². The van der Waals surface area contributed by atoms with E-state index in [9.17, 15) is 9.90 Å². The third-order valence-electron chi connectivity index (χ3n) is 4.94. The first kappa shape index (κ1) is 19.1. The van der Waals surface area contributed by atoms with Crippen LogP contribution in [-0.4, -0.2) is 28.2 Å². The van der Waals surface area contributed by atoms with Gasteiger partial charge in [-0.15, -0.1) is 0 Å². The van der Waals surface area contributed by atoms with Gasteiger partial charge in [-0.05, 0) is 75.2 Å². The number of hydrogen-bond acceptors (Lipinski definition) is 3. The number of carbonyl (C=O) groups excluding carboxylic acids is 1. The Balaban J connectivity index is 1.71. The van der Waals surface area contributed by atoms with Crippen molar-refractivity contribution in [1.82, 2.24) is 4.57 Å². The average Bonchev–Trinajstić information content (AvgIpc) is 2.97. The first-order chi connectivity index (χ1) is 12.9. The molecule has 3 rings (SSSR count). The molecule has 1 atom stereocenters. The van der Waals surface area contributed by atoms with Crippen molar-refractivity contribution in [2.75, 3.05) is 6.61 Å². The molecule has 0 spiro atoms. The number of nitrogens with zero attached hydrogens (tertiary/aromatic N) is 2. The Morgan fingerprint density at radius 1 is 1.19 bits per heavy atom. The van der Waals surface area contributed by atoms with Gasteiger partial charge in [-0.25, -0.2) is 9.13 Å². The number of ether oxygens (including phenoxy) is 1. The van der Waals surface area contributed by atoms with Crippen LogP contribution in [0.2, 0.25) is 0 Å². The van der Waals surface area contributed by atoms with E-state index in [0.29, 0.717) is 17.9 Å². The smallest absolute Gasteiger partial charge is 0.244 e. The number of aliphatic hydroxyl groups excluding tert-OH is 1. The monoisotopic (exact) mass is 367 g/mol. The van der Waals surface area contributed by atoms with Gasteiger partial charge in [-0.3, -0.25) is 4.79 Å². The lowest BCUT2D eigenvalue weighted by Gasteiger charge is -2.11. The van der Waals surface area contributed by atoms with Gasteiger partial charge in [-0.1, -0.05) is 0 Å². The number of rotatable bonds is 7. The van der Waals surface area contributed by atoms with E-state index in [1.54, 1.807) is 24.3 Å². The highest BCUT2D eigenvalue weighted by molar-refractivity contribution is 5.94. The van der Waals surface area contributed by atoms with Crippen molar-refractivity contribution in [2.24, 2.45) is 0 Å². The Labute approximate surface area is 159 Å². The number of aromatic nitrogens is 2. The molecule has 0 saturated carbocycles. The van der Waals surface area contributed by atoms with Gasteiger partial charge in [0.15, 0.2) is 16.8 Å². The second-order valence-electron chi connectivity index (χ2n) is 7.02. The zero-order chi connectivity index (χ0) is 19.6. The first-order valence-electron chi connectivity index (χ1n) is 9.30. The molecule has 2 aromatic carbocycles. The summed E-state index contributed by atoms with van der Waals surface area (Å²) < 4.78 is 9.95. The molecule has 0 saturated heterocycles. The molecule has 0 aliphatic carbocycles. The maximum Gasteiger partial charge on any atom is 0.244 e. The highest BCUT2D eigenvalue weighted by Gasteiger charge is 2.19. The maximum absolute atomic E-state index is 11.3. The Hall–Kier alpha value is -2.66. The van der Waals surface area contributed by atoms with Gasteiger partial charge in [0.25, 0.3) is 0 Å². The number of fused-ring (bicyclic) bond motifs is 1. The van der Waals surface area contributed by atoms with E-state index in [1.807, 2.05) is 0 Å². The standard InChI is InChI=1S/C22H27N2O3/c1-5-23-14-24(22-11-16(3)15(2)10-21(22)23)12-19(26)13-27-20-8-6-18(7-9-20)17(4)25/h6-11,14,19,26H,5,12-13H2,1-4H3/q+1. The summed E-state index contributed by atoms with van der Waals surface area (Å²) >= 11 is 0. The quantitative estimate of drug-likeness (QED) is 0.515. The van der Waals surface area contributed by atoms with Gasteiger partial charge in [-0.2, -0.15) is 0 Å². The van der Waals surface area contributed by atoms with E-state index >= 15 is 0 Å². The maximum atomic E-state index is 11.3. The predicted octanol–water partition coefficient (Wildman–Crippen LogP) is 3.21. The fourth-order valence-corrected chi connectivity index (χ4v) is 3.19. The molecule has 1 heterocycles. The van der Waals surface area contributed by atoms with Crippen LogP contribution in [0.1, 0.15) is 35.3 Å². The molecule has 0 aliphatic rings. The summed E-state index contributed by atoms with van der Waals surface area (Å²) in [7, 11) is 0. The lowest BCUT2D eigenvalue weighted by molar-refractivity contribution is -0.679. The molecule has 0 bridgehead atoms. The number of aryl methyl sites for hydroxylation is 3. The molecule has 5 nitrogen and oxygen atoms in total. The minimum atomic E-state index is -0.639. The molecule has 27 heavy (non-hydrogen) atoms. The summed E-state index contributed by atoms with van der Waals surface area (Å²) in [6.07, 6.45) is 1.41. The van der Waals surface area contributed by atoms with Crippen LogP contribution in [0.4, 0.5) is 0 Å². The Morgan fingerprint density at radius 2 is 1.85 bits per heavy atom. The molecule has 0 aliphatic heterocycles. The number of benzene rings is 2. The van der Waals surface area contributed by atoms with Crippen molar-refractivity contribution < 1.29 is 19.2 Å². The number of aliphatic hydroxyl groups is 1. The first-order valence-corrected chi connectivity index (χ1v) is 9.30. The van der Waals surface area contributed by atoms with Crippen molar-refractivity contribution in [3.8, 4) is 5.75 Å². The van der Waals surface area contributed by atoms with Crippen molar-refractivity contribution in [3.05, 3.63) is 59.4 Å². The molecular formula is C22H27N2O3+. The van der Waals surface area contributed by atoms with Gasteiger partial charge >= 0.3 is 0 Å². The molecule has 3 aromatic rings. The van der Waals surface area contributed by atoms with Crippen LogP contribution >= 0.6 is 0 Å². The lowest BCUT2D eigenvalue weighted by Crippen LogP contribution is -2.41. The highest BCUT2D eigenvalue weighted by atomic mass is 16.5. The van der Waals surface area contributed by atoms with Gasteiger partial charge in [0, 0.05) is 5.56 Å². The Morgan fingerprint density at radius 3 is 2.48 bits per heavy atom. The minimum Gasteiger partial charge on any atom is -0.491 e. The fraction of sp³-hybridized carbons (Fsp3) is 0.364. The number of imidazole rings is 1. The number of Topliss-reactive ketones (excluding diaryl/α,β-unsaturated/α-hetero) is 1. The summed E-state index contributed by atoms with van der Waals surface area (Å²) in [5.41, 5.74) is 5.44. The average molecular weight is 367 g/mol. The largest absolute Gasteiger partial charge is 0.491 e. The van der Waals surface area contributed by atoms with Crippen molar-refractivity contribution >= 4 is 16.8 Å². The van der Waals surface area contributed by atoms with E-state index in [4.69, 9.17) is 4.74 Å². The van der Waals surface area contributed by atoms with E-state index in [-0.39, 0.29) is 12.4 Å². The SMILES string of the molecule is CCn1c[n+](CC(O)COc2ccc(C(C)=O)cc2)c2cc(C)c(C)cc21. The van der Waals surface area contributed by atoms with Crippen molar-refractivity contribution in [1.29, 1.82) is 0 Å². The molecule has 0 amide bonds. The molecule has 0 radical (unpaired) electrons. The van der Waals surface area contributed by atoms with Crippen LogP contribution < -0.4 is 9.30 Å². The number of carbonyl (C=O) groups is 1. The van der Waals surface area contributed by atoms with Gasteiger partial charge in [0.2, 0.25) is 6.33 Å². The topological polar surface area (TPSA) is 55.3 Å². The summed E-state index contributed by atoms with van der Waals surface area (Å²) in [6.45, 7) is 9.39. The molecule has 142 valence electrons. The van der Waals surface area contributed by atoms with Crippen LogP contribution in [0, 0.1) is 13.8 Å². The number of ketones is 1. The minimum absolute atomic E-state index is 0.0239. The molecule has 1 unspecified atom stereocenters. The van der Waals surface area contributed by atoms with Crippen LogP contribution in [0.5, 0.6) is 5.75 Å². The normalized spacial score (nSPS) is 12.3. The van der Waals surface area contributed by atoms with Crippen molar-refractivity contribution in [2.45, 2.75) is 46.9 Å². The predicted molar refractivity (Wildman–Crippen MR) is 105 cm³/mol. The van der Waals surface area contributed by atoms with Gasteiger partial charge in [0.1, 0.15) is 25.0 Å². The zero-order valence-electron chi connectivity index (χ0n) is 16.4. The van der Waals surface area contributed by atoms with Crippen LogP contribution in [0.15, 0.2) is 42.7 Å². The molecule has 5 heteroatoms. The molecule has 1 aromatic heterocycles. The third kappa shape index (κ3) is 4.19.